The standard InChI is InChI=1S/C24H33N3O3S/c1-18-25-21(17-31-18)15-26-10-8-20(9-11-26)24(28)27(16-23-7-4-12-30-23)14-19-5-3-6-22(13-19)29-2/h3,5-6,13,17,20,23H,4,7-12,14-16H2,1-2H3. The Balaban J connectivity index is 1.37. The summed E-state index contributed by atoms with van der Waals surface area (Å²) in [5.74, 6) is 1.18. The lowest BCUT2D eigenvalue weighted by Crippen LogP contribution is -2.44. The number of hydrogen-bond acceptors (Lipinski definition) is 6. The van der Waals surface area contributed by atoms with Crippen LogP contribution in [-0.2, 0) is 22.6 Å². The van der Waals surface area contributed by atoms with Gasteiger partial charge in [-0.3, -0.25) is 9.69 Å². The Hall–Kier alpha value is -1.96. The first kappa shape index (κ1) is 22.2. The van der Waals surface area contributed by atoms with Gasteiger partial charge < -0.3 is 14.4 Å². The first-order chi connectivity index (χ1) is 15.1. The number of ether oxygens (including phenoxy) is 2. The van der Waals surface area contributed by atoms with E-state index in [0.29, 0.717) is 13.1 Å². The van der Waals surface area contributed by atoms with E-state index in [0.717, 1.165) is 73.9 Å². The molecule has 168 valence electrons. The van der Waals surface area contributed by atoms with Gasteiger partial charge in [0.15, 0.2) is 0 Å². The Morgan fingerprint density at radius 2 is 2.16 bits per heavy atom. The molecule has 0 radical (unpaired) electrons. The molecular formula is C24H33N3O3S. The van der Waals surface area contributed by atoms with E-state index in [4.69, 9.17) is 9.47 Å². The van der Waals surface area contributed by atoms with E-state index in [1.165, 1.54) is 0 Å². The normalized spacial score (nSPS) is 20.1. The predicted octanol–water partition coefficient (Wildman–Crippen LogP) is 3.88. The van der Waals surface area contributed by atoms with Crippen molar-refractivity contribution in [1.82, 2.24) is 14.8 Å². The smallest absolute Gasteiger partial charge is 0.226 e. The van der Waals surface area contributed by atoms with Crippen LogP contribution in [0.1, 0.15) is 41.9 Å². The van der Waals surface area contributed by atoms with E-state index < -0.39 is 0 Å². The predicted molar refractivity (Wildman–Crippen MR) is 122 cm³/mol. The molecule has 3 heterocycles. The molecule has 0 saturated carbocycles. The van der Waals surface area contributed by atoms with Crippen LogP contribution in [0.3, 0.4) is 0 Å². The summed E-state index contributed by atoms with van der Waals surface area (Å²) in [6.45, 7) is 6.90. The molecule has 2 saturated heterocycles. The van der Waals surface area contributed by atoms with Crippen LogP contribution in [0.5, 0.6) is 5.75 Å². The number of aryl methyl sites for hydroxylation is 1. The Bertz CT molecular complexity index is 857. The maximum Gasteiger partial charge on any atom is 0.226 e. The molecular weight excluding hydrogens is 410 g/mol. The highest BCUT2D eigenvalue weighted by atomic mass is 32.1. The Morgan fingerprint density at radius 1 is 1.32 bits per heavy atom. The van der Waals surface area contributed by atoms with Gasteiger partial charge in [-0.15, -0.1) is 11.3 Å². The lowest BCUT2D eigenvalue weighted by molar-refractivity contribution is -0.139. The summed E-state index contributed by atoms with van der Waals surface area (Å²) in [4.78, 5) is 22.6. The summed E-state index contributed by atoms with van der Waals surface area (Å²) in [7, 11) is 1.68. The zero-order valence-electron chi connectivity index (χ0n) is 18.6. The monoisotopic (exact) mass is 443 g/mol. The third-order valence-electron chi connectivity index (χ3n) is 6.26. The van der Waals surface area contributed by atoms with Crippen LogP contribution in [0, 0.1) is 12.8 Å². The van der Waals surface area contributed by atoms with Crippen LogP contribution >= 0.6 is 11.3 Å². The van der Waals surface area contributed by atoms with Crippen molar-refractivity contribution in [2.75, 3.05) is 33.4 Å². The van der Waals surface area contributed by atoms with E-state index >= 15 is 0 Å². The number of methoxy groups -OCH3 is 1. The number of carbonyl (C=O) groups is 1. The maximum atomic E-state index is 13.5. The summed E-state index contributed by atoms with van der Waals surface area (Å²) < 4.78 is 11.2. The molecule has 4 rings (SSSR count). The van der Waals surface area contributed by atoms with Gasteiger partial charge in [-0.05, 0) is 63.4 Å². The van der Waals surface area contributed by atoms with Crippen LogP contribution in [0.25, 0.3) is 0 Å². The fourth-order valence-corrected chi connectivity index (χ4v) is 5.17. The molecule has 1 aromatic carbocycles. The number of benzene rings is 1. The van der Waals surface area contributed by atoms with Crippen LogP contribution < -0.4 is 4.74 Å². The highest BCUT2D eigenvalue weighted by Gasteiger charge is 2.31. The maximum absolute atomic E-state index is 13.5. The van der Waals surface area contributed by atoms with Gasteiger partial charge in [-0.2, -0.15) is 0 Å². The Morgan fingerprint density at radius 3 is 2.84 bits per heavy atom. The van der Waals surface area contributed by atoms with Crippen LogP contribution in [0.2, 0.25) is 0 Å². The molecule has 0 N–H and O–H groups in total. The lowest BCUT2D eigenvalue weighted by Gasteiger charge is -2.35. The van der Waals surface area contributed by atoms with Crippen molar-refractivity contribution in [1.29, 1.82) is 0 Å². The Kier molecular flexibility index (Phi) is 7.58. The van der Waals surface area contributed by atoms with E-state index in [-0.39, 0.29) is 17.9 Å². The fraction of sp³-hybridized carbons (Fsp3) is 0.583. The number of piperidine rings is 1. The molecule has 2 fully saturated rings. The number of likely N-dealkylation sites (tertiary alicyclic amines) is 1. The minimum absolute atomic E-state index is 0.0837. The number of nitrogens with zero attached hydrogens (tertiary/aromatic N) is 3. The second kappa shape index (κ2) is 10.6. The van der Waals surface area contributed by atoms with Crippen LogP contribution in [-0.4, -0.2) is 60.1 Å². The zero-order chi connectivity index (χ0) is 21.6. The van der Waals surface area contributed by atoms with Gasteiger partial charge >= 0.3 is 0 Å². The van der Waals surface area contributed by atoms with Crippen molar-refractivity contribution in [3.63, 3.8) is 0 Å². The van der Waals surface area contributed by atoms with E-state index in [1.807, 2.05) is 30.0 Å². The van der Waals surface area contributed by atoms with Crippen molar-refractivity contribution in [3.8, 4) is 5.75 Å². The Labute approximate surface area is 189 Å². The van der Waals surface area contributed by atoms with Gasteiger partial charge in [0.2, 0.25) is 5.91 Å². The number of hydrogen-bond donors (Lipinski definition) is 0. The molecule has 0 spiro atoms. The second-order valence-corrected chi connectivity index (χ2v) is 9.68. The molecule has 6 nitrogen and oxygen atoms in total. The van der Waals surface area contributed by atoms with E-state index in [1.54, 1.807) is 18.4 Å². The van der Waals surface area contributed by atoms with E-state index in [2.05, 4.69) is 21.3 Å². The summed E-state index contributed by atoms with van der Waals surface area (Å²) in [5.41, 5.74) is 2.24. The van der Waals surface area contributed by atoms with Gasteiger partial charge in [0, 0.05) is 37.5 Å². The SMILES string of the molecule is COc1cccc(CN(CC2CCCO2)C(=O)C2CCN(Cc3csc(C)n3)CC2)c1. The highest BCUT2D eigenvalue weighted by Crippen LogP contribution is 2.25. The molecule has 0 bridgehead atoms. The number of aromatic nitrogens is 1. The summed E-state index contributed by atoms with van der Waals surface area (Å²) in [5, 5.41) is 3.26. The molecule has 31 heavy (non-hydrogen) atoms. The molecule has 2 aliphatic rings. The molecule has 1 amide bonds. The van der Waals surface area contributed by atoms with Crippen LogP contribution in [0.15, 0.2) is 29.6 Å². The molecule has 0 aliphatic carbocycles. The van der Waals surface area contributed by atoms with Gasteiger partial charge in [0.25, 0.3) is 0 Å². The van der Waals surface area contributed by atoms with Gasteiger partial charge in [-0.1, -0.05) is 12.1 Å². The molecule has 2 aromatic rings. The topological polar surface area (TPSA) is 54.9 Å². The van der Waals surface area contributed by atoms with E-state index in [9.17, 15) is 4.79 Å². The third kappa shape index (κ3) is 6.05. The molecule has 1 aromatic heterocycles. The van der Waals surface area contributed by atoms with Crippen LogP contribution in [0.4, 0.5) is 0 Å². The minimum Gasteiger partial charge on any atom is -0.497 e. The highest BCUT2D eigenvalue weighted by molar-refractivity contribution is 7.09. The first-order valence-corrected chi connectivity index (χ1v) is 12.2. The average Bonchev–Trinajstić information content (AvgIpc) is 3.45. The van der Waals surface area contributed by atoms with Gasteiger partial charge in [-0.25, -0.2) is 4.98 Å². The summed E-state index contributed by atoms with van der Waals surface area (Å²) in [6.07, 6.45) is 4.08. The van der Waals surface area contributed by atoms with Crippen molar-refractivity contribution in [2.45, 2.75) is 51.8 Å². The zero-order valence-corrected chi connectivity index (χ0v) is 19.4. The van der Waals surface area contributed by atoms with Gasteiger partial charge in [0.05, 0.1) is 23.9 Å². The largest absolute Gasteiger partial charge is 0.497 e. The minimum atomic E-state index is 0.0837. The summed E-state index contributed by atoms with van der Waals surface area (Å²) >= 11 is 1.70. The fourth-order valence-electron chi connectivity index (χ4n) is 4.56. The molecule has 1 unspecified atom stereocenters. The van der Waals surface area contributed by atoms with Crippen molar-refractivity contribution in [3.05, 3.63) is 45.9 Å². The van der Waals surface area contributed by atoms with Crippen molar-refractivity contribution in [2.24, 2.45) is 5.92 Å². The van der Waals surface area contributed by atoms with Gasteiger partial charge in [0.1, 0.15) is 5.75 Å². The average molecular weight is 444 g/mol. The second-order valence-electron chi connectivity index (χ2n) is 8.61. The van der Waals surface area contributed by atoms with Crippen molar-refractivity contribution < 1.29 is 14.3 Å². The quantitative estimate of drug-likeness (QED) is 0.620. The first-order valence-electron chi connectivity index (χ1n) is 11.3. The molecule has 2 aliphatic heterocycles. The number of carbonyl (C=O) groups excluding carboxylic acids is 1. The number of thiazole rings is 1. The summed E-state index contributed by atoms with van der Waals surface area (Å²) in [6, 6.07) is 8.02. The molecule has 1 atom stereocenters. The molecule has 7 heteroatoms. The number of rotatable bonds is 8. The van der Waals surface area contributed by atoms with Crippen molar-refractivity contribution >= 4 is 17.2 Å². The third-order valence-corrected chi connectivity index (χ3v) is 7.08. The number of amides is 1. The lowest BCUT2D eigenvalue weighted by atomic mass is 9.94.